The van der Waals surface area contributed by atoms with E-state index in [9.17, 15) is 0 Å². The third-order valence-electron chi connectivity index (χ3n) is 3.71. The van der Waals surface area contributed by atoms with Crippen LogP contribution in [0.25, 0.3) is 0 Å². The number of morpholine rings is 1. The summed E-state index contributed by atoms with van der Waals surface area (Å²) in [5, 5.41) is 3.45. The number of hydrogen-bond acceptors (Lipinski definition) is 3. The molecule has 1 aliphatic rings. The molecule has 0 radical (unpaired) electrons. The Kier molecular flexibility index (Phi) is 4.64. The number of rotatable bonds is 4. The molecule has 1 aromatic rings. The lowest BCUT2D eigenvalue weighted by atomic mass is 9.98. The van der Waals surface area contributed by atoms with Crippen molar-refractivity contribution in [1.29, 1.82) is 0 Å². The van der Waals surface area contributed by atoms with Gasteiger partial charge < -0.3 is 15.0 Å². The van der Waals surface area contributed by atoms with Crippen molar-refractivity contribution < 1.29 is 4.74 Å². The summed E-state index contributed by atoms with van der Waals surface area (Å²) in [6, 6.07) is 9.43. The zero-order chi connectivity index (χ0) is 15.7. The van der Waals surface area contributed by atoms with Crippen LogP contribution in [0.3, 0.4) is 0 Å². The summed E-state index contributed by atoms with van der Waals surface area (Å²) in [7, 11) is 0. The second kappa shape index (κ2) is 5.98. The van der Waals surface area contributed by atoms with E-state index >= 15 is 0 Å². The number of ether oxygens (including phenoxy) is 1. The second-order valence-electron chi connectivity index (χ2n) is 7.68. The van der Waals surface area contributed by atoms with Crippen molar-refractivity contribution in [1.82, 2.24) is 5.32 Å². The average Bonchev–Trinajstić information content (AvgIpc) is 2.33. The van der Waals surface area contributed by atoms with E-state index in [4.69, 9.17) is 4.74 Å². The fourth-order valence-corrected chi connectivity index (χ4v) is 3.12. The number of hydrogen-bond donors (Lipinski definition) is 1. The van der Waals surface area contributed by atoms with Crippen LogP contribution >= 0.6 is 0 Å². The summed E-state index contributed by atoms with van der Waals surface area (Å²) in [6.45, 7) is 15.8. The van der Waals surface area contributed by atoms with Crippen LogP contribution in [-0.2, 0) is 11.3 Å². The van der Waals surface area contributed by atoms with Crippen LogP contribution in [0, 0.1) is 0 Å². The van der Waals surface area contributed by atoms with Gasteiger partial charge in [-0.3, -0.25) is 0 Å². The van der Waals surface area contributed by atoms with Crippen LogP contribution in [0.4, 0.5) is 5.69 Å². The number of benzene rings is 1. The molecule has 1 saturated heterocycles. The molecule has 1 aromatic carbocycles. The van der Waals surface area contributed by atoms with Crippen molar-refractivity contribution in [2.75, 3.05) is 18.0 Å². The quantitative estimate of drug-likeness (QED) is 0.917. The minimum absolute atomic E-state index is 0.111. The lowest BCUT2D eigenvalue weighted by Crippen LogP contribution is -2.57. The van der Waals surface area contributed by atoms with Crippen molar-refractivity contribution >= 4 is 5.69 Å². The summed E-state index contributed by atoms with van der Waals surface area (Å²) >= 11 is 0. The smallest absolute Gasteiger partial charge is 0.0808 e. The van der Waals surface area contributed by atoms with Gasteiger partial charge in [0.15, 0.2) is 0 Å². The van der Waals surface area contributed by atoms with E-state index < -0.39 is 0 Å². The molecule has 118 valence electrons. The van der Waals surface area contributed by atoms with E-state index in [1.54, 1.807) is 0 Å². The van der Waals surface area contributed by atoms with Crippen LogP contribution in [-0.4, -0.2) is 30.3 Å². The van der Waals surface area contributed by atoms with Gasteiger partial charge in [-0.2, -0.15) is 0 Å². The highest BCUT2D eigenvalue weighted by Crippen LogP contribution is 2.31. The van der Waals surface area contributed by atoms with Gasteiger partial charge in [-0.15, -0.1) is 0 Å². The maximum Gasteiger partial charge on any atom is 0.0808 e. The molecule has 1 N–H and O–H groups in total. The van der Waals surface area contributed by atoms with Gasteiger partial charge in [0, 0.05) is 31.4 Å². The van der Waals surface area contributed by atoms with Crippen LogP contribution in [0.15, 0.2) is 24.3 Å². The molecule has 2 rings (SSSR count). The lowest BCUT2D eigenvalue weighted by molar-refractivity contribution is -0.133. The standard InChI is InChI=1S/C18H30N2O/c1-14(2)19-11-15-7-9-16(10-8-15)20-12-17(3,4)21-18(5,6)13-20/h7-10,14,19H,11-13H2,1-6H3. The fourth-order valence-electron chi connectivity index (χ4n) is 3.12. The normalized spacial score (nSPS) is 20.8. The molecule has 3 nitrogen and oxygen atoms in total. The van der Waals surface area contributed by atoms with Crippen molar-refractivity contribution in [3.63, 3.8) is 0 Å². The highest BCUT2D eigenvalue weighted by Gasteiger charge is 2.38. The Bertz CT molecular complexity index is 447. The number of nitrogens with one attached hydrogen (secondary N) is 1. The first-order valence-corrected chi connectivity index (χ1v) is 7.94. The first-order valence-electron chi connectivity index (χ1n) is 7.94. The van der Waals surface area contributed by atoms with E-state index in [-0.39, 0.29) is 11.2 Å². The van der Waals surface area contributed by atoms with Gasteiger partial charge >= 0.3 is 0 Å². The third-order valence-corrected chi connectivity index (χ3v) is 3.71. The Morgan fingerprint density at radius 3 is 2.05 bits per heavy atom. The minimum Gasteiger partial charge on any atom is -0.366 e. The van der Waals surface area contributed by atoms with Gasteiger partial charge in [0.1, 0.15) is 0 Å². The molecule has 0 saturated carbocycles. The summed E-state index contributed by atoms with van der Waals surface area (Å²) in [4.78, 5) is 2.43. The molecule has 1 heterocycles. The summed E-state index contributed by atoms with van der Waals surface area (Å²) in [5.74, 6) is 0. The van der Waals surface area contributed by atoms with Gasteiger partial charge in [0.25, 0.3) is 0 Å². The molecule has 0 aliphatic carbocycles. The molecular formula is C18H30N2O. The van der Waals surface area contributed by atoms with Gasteiger partial charge in [-0.25, -0.2) is 0 Å². The molecule has 21 heavy (non-hydrogen) atoms. The average molecular weight is 290 g/mol. The van der Waals surface area contributed by atoms with Gasteiger partial charge in [0.05, 0.1) is 11.2 Å². The molecule has 1 fully saturated rings. The zero-order valence-corrected chi connectivity index (χ0v) is 14.4. The first-order chi connectivity index (χ1) is 9.67. The molecule has 0 amide bonds. The summed E-state index contributed by atoms with van der Waals surface area (Å²) < 4.78 is 6.15. The highest BCUT2D eigenvalue weighted by atomic mass is 16.5. The predicted octanol–water partition coefficient (Wildman–Crippen LogP) is 3.58. The van der Waals surface area contributed by atoms with E-state index in [2.05, 4.69) is 76.0 Å². The molecule has 0 atom stereocenters. The zero-order valence-electron chi connectivity index (χ0n) is 14.4. The Hall–Kier alpha value is -1.06. The maximum absolute atomic E-state index is 6.15. The van der Waals surface area contributed by atoms with Crippen molar-refractivity contribution in [2.45, 2.75) is 65.3 Å². The maximum atomic E-state index is 6.15. The second-order valence-corrected chi connectivity index (χ2v) is 7.68. The predicted molar refractivity (Wildman–Crippen MR) is 89.9 cm³/mol. The fraction of sp³-hybridized carbons (Fsp3) is 0.667. The molecule has 1 aliphatic heterocycles. The Labute approximate surface area is 129 Å². The largest absolute Gasteiger partial charge is 0.366 e. The lowest BCUT2D eigenvalue weighted by Gasteiger charge is -2.48. The number of nitrogens with zero attached hydrogens (tertiary/aromatic N) is 1. The van der Waals surface area contributed by atoms with Crippen molar-refractivity contribution in [2.24, 2.45) is 0 Å². The van der Waals surface area contributed by atoms with Crippen LogP contribution < -0.4 is 10.2 Å². The van der Waals surface area contributed by atoms with E-state index in [1.807, 2.05) is 0 Å². The monoisotopic (exact) mass is 290 g/mol. The van der Waals surface area contributed by atoms with Gasteiger partial charge in [-0.1, -0.05) is 26.0 Å². The van der Waals surface area contributed by atoms with Crippen molar-refractivity contribution in [3.8, 4) is 0 Å². The topological polar surface area (TPSA) is 24.5 Å². The van der Waals surface area contributed by atoms with E-state index in [0.717, 1.165) is 19.6 Å². The Balaban J connectivity index is 2.07. The molecule has 3 heteroatoms. The van der Waals surface area contributed by atoms with E-state index in [0.29, 0.717) is 6.04 Å². The van der Waals surface area contributed by atoms with Crippen LogP contribution in [0.2, 0.25) is 0 Å². The highest BCUT2D eigenvalue weighted by molar-refractivity contribution is 5.49. The van der Waals surface area contributed by atoms with Crippen LogP contribution in [0.1, 0.15) is 47.1 Å². The molecule has 0 bridgehead atoms. The molecule has 0 spiro atoms. The summed E-state index contributed by atoms with van der Waals surface area (Å²) in [5.41, 5.74) is 2.39. The molecule has 0 aromatic heterocycles. The Morgan fingerprint density at radius 1 is 1.05 bits per heavy atom. The van der Waals surface area contributed by atoms with Gasteiger partial charge in [0.2, 0.25) is 0 Å². The van der Waals surface area contributed by atoms with E-state index in [1.165, 1.54) is 11.3 Å². The van der Waals surface area contributed by atoms with Crippen molar-refractivity contribution in [3.05, 3.63) is 29.8 Å². The Morgan fingerprint density at radius 2 is 1.57 bits per heavy atom. The third kappa shape index (κ3) is 4.72. The van der Waals surface area contributed by atoms with Crippen LogP contribution in [0.5, 0.6) is 0 Å². The minimum atomic E-state index is -0.111. The first kappa shape index (κ1) is 16.3. The summed E-state index contributed by atoms with van der Waals surface area (Å²) in [6.07, 6.45) is 0. The van der Waals surface area contributed by atoms with Gasteiger partial charge in [-0.05, 0) is 45.4 Å². The SMILES string of the molecule is CC(C)NCc1ccc(N2CC(C)(C)OC(C)(C)C2)cc1. The molecule has 0 unspecified atom stereocenters. The number of anilines is 1. The molecular weight excluding hydrogens is 260 g/mol.